The largest absolute Gasteiger partial charge is 0.313 e. The van der Waals surface area contributed by atoms with Crippen molar-refractivity contribution in [2.45, 2.75) is 32.2 Å². The van der Waals surface area contributed by atoms with Gasteiger partial charge in [0.2, 0.25) is 0 Å². The first-order valence-corrected chi connectivity index (χ1v) is 4.08. The van der Waals surface area contributed by atoms with Crippen molar-refractivity contribution in [2.75, 3.05) is 6.54 Å². The fourth-order valence-electron chi connectivity index (χ4n) is 2.43. The van der Waals surface area contributed by atoms with Crippen LogP contribution in [-0.2, 0) is 0 Å². The van der Waals surface area contributed by atoms with Crippen LogP contribution in [0.15, 0.2) is 12.2 Å². The van der Waals surface area contributed by atoms with E-state index >= 15 is 0 Å². The second kappa shape index (κ2) is 1.85. The molecule has 2 unspecified atom stereocenters. The third-order valence-electron chi connectivity index (χ3n) is 2.77. The highest BCUT2D eigenvalue weighted by Crippen LogP contribution is 2.41. The van der Waals surface area contributed by atoms with E-state index in [-0.39, 0.29) is 0 Å². The predicted molar refractivity (Wildman–Crippen MR) is 42.9 cm³/mol. The highest BCUT2D eigenvalue weighted by Gasteiger charge is 2.39. The monoisotopic (exact) mass is 137 g/mol. The van der Waals surface area contributed by atoms with Gasteiger partial charge in [0, 0.05) is 12.6 Å². The molecule has 1 heterocycles. The van der Waals surface area contributed by atoms with Crippen molar-refractivity contribution in [2.24, 2.45) is 5.41 Å². The molecule has 10 heavy (non-hydrogen) atoms. The van der Waals surface area contributed by atoms with Crippen LogP contribution in [0.1, 0.15) is 26.2 Å². The van der Waals surface area contributed by atoms with Crippen LogP contribution in [0.4, 0.5) is 0 Å². The van der Waals surface area contributed by atoms with E-state index in [4.69, 9.17) is 0 Å². The van der Waals surface area contributed by atoms with Crippen LogP contribution in [0.5, 0.6) is 0 Å². The summed E-state index contributed by atoms with van der Waals surface area (Å²) in [5.74, 6) is 0. The van der Waals surface area contributed by atoms with Gasteiger partial charge >= 0.3 is 0 Å². The molecule has 2 bridgehead atoms. The molecule has 56 valence electrons. The summed E-state index contributed by atoms with van der Waals surface area (Å²) in [5, 5.41) is 3.53. The number of fused-ring (bicyclic) bond motifs is 2. The molecule has 1 heteroatoms. The molecular weight excluding hydrogens is 122 g/mol. The Morgan fingerprint density at radius 2 is 2.50 bits per heavy atom. The highest BCUT2D eigenvalue weighted by atomic mass is 15.0. The molecule has 1 aliphatic carbocycles. The zero-order valence-corrected chi connectivity index (χ0v) is 6.61. The minimum absolute atomic E-state index is 0.556. The van der Waals surface area contributed by atoms with Crippen molar-refractivity contribution >= 4 is 0 Å². The first-order chi connectivity index (χ1) is 4.68. The number of hydrogen-bond donors (Lipinski definition) is 1. The Morgan fingerprint density at radius 1 is 1.70 bits per heavy atom. The van der Waals surface area contributed by atoms with Crippen molar-refractivity contribution in [3.05, 3.63) is 12.2 Å². The molecule has 2 rings (SSSR count). The molecule has 1 N–H and O–H groups in total. The van der Waals surface area contributed by atoms with Gasteiger partial charge < -0.3 is 5.32 Å². The fourth-order valence-corrected chi connectivity index (χ4v) is 2.43. The molecule has 1 saturated heterocycles. The smallest absolute Gasteiger partial charge is 0.0110 e. The van der Waals surface area contributed by atoms with Crippen molar-refractivity contribution < 1.29 is 0 Å². The molecule has 0 aromatic heterocycles. The standard InChI is InChI=1S/C9H15N/c1-7-3-8-5-9(2,4-7)6-10-8/h8,10H,1,3-6H2,2H3. The summed E-state index contributed by atoms with van der Waals surface area (Å²) in [5.41, 5.74) is 2.00. The summed E-state index contributed by atoms with van der Waals surface area (Å²) < 4.78 is 0. The average molecular weight is 137 g/mol. The van der Waals surface area contributed by atoms with Crippen LogP contribution in [0, 0.1) is 5.41 Å². The summed E-state index contributed by atoms with van der Waals surface area (Å²) >= 11 is 0. The van der Waals surface area contributed by atoms with Crippen LogP contribution >= 0.6 is 0 Å². The molecule has 0 spiro atoms. The zero-order chi connectivity index (χ0) is 7.19. The maximum absolute atomic E-state index is 4.06. The maximum Gasteiger partial charge on any atom is 0.0110 e. The second-order valence-corrected chi connectivity index (χ2v) is 4.22. The van der Waals surface area contributed by atoms with Crippen LogP contribution < -0.4 is 5.32 Å². The van der Waals surface area contributed by atoms with Gasteiger partial charge in [-0.25, -0.2) is 0 Å². The van der Waals surface area contributed by atoms with Gasteiger partial charge in [-0.1, -0.05) is 19.1 Å². The van der Waals surface area contributed by atoms with E-state index in [1.165, 1.54) is 31.4 Å². The lowest BCUT2D eigenvalue weighted by atomic mass is 9.75. The Kier molecular flexibility index (Phi) is 1.19. The van der Waals surface area contributed by atoms with Crippen LogP contribution in [-0.4, -0.2) is 12.6 Å². The van der Waals surface area contributed by atoms with Crippen LogP contribution in [0.25, 0.3) is 0 Å². The lowest BCUT2D eigenvalue weighted by molar-refractivity contribution is 0.324. The first-order valence-electron chi connectivity index (χ1n) is 4.08. The molecule has 2 aliphatic rings. The summed E-state index contributed by atoms with van der Waals surface area (Å²) in [7, 11) is 0. The van der Waals surface area contributed by atoms with Gasteiger partial charge in [0.15, 0.2) is 0 Å². The van der Waals surface area contributed by atoms with Gasteiger partial charge in [-0.15, -0.1) is 0 Å². The quantitative estimate of drug-likeness (QED) is 0.501. The molecular formula is C9H15N. The van der Waals surface area contributed by atoms with Crippen molar-refractivity contribution in [3.8, 4) is 0 Å². The van der Waals surface area contributed by atoms with Gasteiger partial charge in [0.1, 0.15) is 0 Å². The van der Waals surface area contributed by atoms with E-state index in [1.54, 1.807) is 0 Å². The van der Waals surface area contributed by atoms with E-state index in [0.717, 1.165) is 6.04 Å². The molecule has 1 saturated carbocycles. The normalized spacial score (nSPS) is 46.1. The fraction of sp³-hybridized carbons (Fsp3) is 0.778. The van der Waals surface area contributed by atoms with Crippen LogP contribution in [0.2, 0.25) is 0 Å². The van der Waals surface area contributed by atoms with Gasteiger partial charge in [-0.2, -0.15) is 0 Å². The minimum Gasteiger partial charge on any atom is -0.313 e. The summed E-state index contributed by atoms with van der Waals surface area (Å²) in [6.07, 6.45) is 3.83. The van der Waals surface area contributed by atoms with E-state index in [1.807, 2.05) is 0 Å². The Hall–Kier alpha value is -0.300. The Morgan fingerprint density at radius 3 is 3.20 bits per heavy atom. The lowest BCUT2D eigenvalue weighted by Gasteiger charge is -2.28. The predicted octanol–water partition coefficient (Wildman–Crippen LogP) is 1.70. The molecule has 2 fully saturated rings. The summed E-state index contributed by atoms with van der Waals surface area (Å²) in [4.78, 5) is 0. The molecule has 2 atom stereocenters. The lowest BCUT2D eigenvalue weighted by Crippen LogP contribution is -2.22. The van der Waals surface area contributed by atoms with E-state index in [2.05, 4.69) is 18.8 Å². The molecule has 0 amide bonds. The van der Waals surface area contributed by atoms with E-state index in [9.17, 15) is 0 Å². The minimum atomic E-state index is 0.556. The van der Waals surface area contributed by atoms with Crippen molar-refractivity contribution in [3.63, 3.8) is 0 Å². The summed E-state index contributed by atoms with van der Waals surface area (Å²) in [6.45, 7) is 7.63. The topological polar surface area (TPSA) is 12.0 Å². The molecule has 1 nitrogen and oxygen atoms in total. The third-order valence-corrected chi connectivity index (χ3v) is 2.77. The second-order valence-electron chi connectivity index (χ2n) is 4.22. The average Bonchev–Trinajstić information content (AvgIpc) is 2.06. The SMILES string of the molecule is C=C1CC2CC(C)(CN2)C1. The van der Waals surface area contributed by atoms with Crippen molar-refractivity contribution in [1.82, 2.24) is 5.32 Å². The van der Waals surface area contributed by atoms with Gasteiger partial charge in [-0.3, -0.25) is 0 Å². The highest BCUT2D eigenvalue weighted by molar-refractivity contribution is 5.12. The Labute approximate surface area is 62.5 Å². The van der Waals surface area contributed by atoms with Crippen LogP contribution in [0.3, 0.4) is 0 Å². The number of rotatable bonds is 0. The summed E-state index contributed by atoms with van der Waals surface area (Å²) in [6, 6.07) is 0.756. The van der Waals surface area contributed by atoms with Gasteiger partial charge in [-0.05, 0) is 24.7 Å². The molecule has 1 aliphatic heterocycles. The molecule has 0 aromatic rings. The Balaban J connectivity index is 2.20. The van der Waals surface area contributed by atoms with Gasteiger partial charge in [0.25, 0.3) is 0 Å². The zero-order valence-electron chi connectivity index (χ0n) is 6.61. The third kappa shape index (κ3) is 0.891. The Bertz CT molecular complexity index is 174. The molecule has 0 radical (unpaired) electrons. The maximum atomic E-state index is 4.06. The molecule has 0 aromatic carbocycles. The van der Waals surface area contributed by atoms with E-state index in [0.29, 0.717) is 5.41 Å². The van der Waals surface area contributed by atoms with Gasteiger partial charge in [0.05, 0.1) is 0 Å². The first kappa shape index (κ1) is 6.41. The number of nitrogens with one attached hydrogen (secondary N) is 1. The number of hydrogen-bond acceptors (Lipinski definition) is 1. The van der Waals surface area contributed by atoms with E-state index < -0.39 is 0 Å². The van der Waals surface area contributed by atoms with Crippen molar-refractivity contribution in [1.29, 1.82) is 0 Å².